The van der Waals surface area contributed by atoms with E-state index in [1.807, 2.05) is 60.7 Å². The van der Waals surface area contributed by atoms with E-state index in [1.54, 1.807) is 31.4 Å². The molecule has 0 aliphatic carbocycles. The summed E-state index contributed by atoms with van der Waals surface area (Å²) < 4.78 is 16.5. The van der Waals surface area contributed by atoms with E-state index in [9.17, 15) is 14.4 Å². The number of esters is 1. The van der Waals surface area contributed by atoms with Crippen molar-refractivity contribution in [2.75, 3.05) is 26.8 Å². The topological polar surface area (TPSA) is 94.2 Å². The Balaban J connectivity index is 1.32. The summed E-state index contributed by atoms with van der Waals surface area (Å²) in [5.41, 5.74) is 1.26. The quantitative estimate of drug-likeness (QED) is 0.424. The van der Waals surface area contributed by atoms with Crippen molar-refractivity contribution in [1.29, 1.82) is 0 Å². The number of para-hydroxylation sites is 1. The Bertz CT molecular complexity index is 1180. The molecular weight excluding hydrogens is 472 g/mol. The second kappa shape index (κ2) is 12.7. The summed E-state index contributed by atoms with van der Waals surface area (Å²) >= 11 is 0. The largest absolute Gasteiger partial charge is 0.459 e. The fourth-order valence-electron chi connectivity index (χ4n) is 4.26. The van der Waals surface area contributed by atoms with Crippen LogP contribution in [0.1, 0.15) is 22.3 Å². The van der Waals surface area contributed by atoms with Gasteiger partial charge in [0, 0.05) is 25.1 Å². The van der Waals surface area contributed by atoms with E-state index in [2.05, 4.69) is 5.32 Å². The number of carbonyl (C=O) groups excluding carboxylic acids is 3. The highest BCUT2D eigenvalue weighted by Gasteiger charge is 2.40. The van der Waals surface area contributed by atoms with Gasteiger partial charge in [-0.25, -0.2) is 4.79 Å². The number of rotatable bonds is 10. The Morgan fingerprint density at radius 1 is 0.892 bits per heavy atom. The molecule has 4 rings (SSSR count). The number of carbonyl (C=O) groups is 3. The summed E-state index contributed by atoms with van der Waals surface area (Å²) in [6.07, 6.45) is 0.448. The molecule has 1 aliphatic heterocycles. The number of amides is 2. The second-order valence-corrected chi connectivity index (χ2v) is 8.83. The minimum absolute atomic E-state index is 0.0103. The molecule has 0 radical (unpaired) electrons. The van der Waals surface area contributed by atoms with Crippen LogP contribution in [0.2, 0.25) is 0 Å². The molecule has 8 heteroatoms. The van der Waals surface area contributed by atoms with Crippen LogP contribution in [-0.2, 0) is 25.7 Å². The van der Waals surface area contributed by atoms with Crippen LogP contribution in [0.5, 0.6) is 11.5 Å². The molecule has 1 aliphatic rings. The molecule has 0 bridgehead atoms. The average molecular weight is 503 g/mol. The third kappa shape index (κ3) is 7.17. The molecule has 0 spiro atoms. The van der Waals surface area contributed by atoms with Gasteiger partial charge >= 0.3 is 5.97 Å². The number of benzene rings is 3. The molecule has 1 heterocycles. The van der Waals surface area contributed by atoms with Crippen LogP contribution in [-0.4, -0.2) is 55.5 Å². The molecule has 0 unspecified atom stereocenters. The summed E-state index contributed by atoms with van der Waals surface area (Å²) in [5.74, 6) is 0.0943. The van der Waals surface area contributed by atoms with Crippen molar-refractivity contribution < 1.29 is 28.6 Å². The highest BCUT2D eigenvalue weighted by molar-refractivity contribution is 5.97. The number of methoxy groups -OCH3 is 1. The lowest BCUT2D eigenvalue weighted by molar-refractivity contribution is -0.154. The first-order chi connectivity index (χ1) is 18.0. The number of hydrogen-bond acceptors (Lipinski definition) is 6. The lowest BCUT2D eigenvalue weighted by Crippen LogP contribution is -2.46. The minimum atomic E-state index is -0.720. The molecule has 8 nitrogen and oxygen atoms in total. The maximum Gasteiger partial charge on any atom is 0.329 e. The van der Waals surface area contributed by atoms with E-state index in [0.29, 0.717) is 36.6 Å². The van der Waals surface area contributed by atoms with Crippen molar-refractivity contribution >= 4 is 17.8 Å². The van der Waals surface area contributed by atoms with E-state index < -0.39 is 17.9 Å². The predicted octanol–water partition coefficient (Wildman–Crippen LogP) is 3.82. The number of hydrogen-bond donors (Lipinski definition) is 1. The lowest BCUT2D eigenvalue weighted by Gasteiger charge is -2.23. The van der Waals surface area contributed by atoms with Gasteiger partial charge < -0.3 is 24.4 Å². The monoisotopic (exact) mass is 502 g/mol. The number of ether oxygens (including phenoxy) is 3. The van der Waals surface area contributed by atoms with Gasteiger partial charge in [-0.15, -0.1) is 0 Å². The van der Waals surface area contributed by atoms with Crippen LogP contribution in [0.4, 0.5) is 0 Å². The van der Waals surface area contributed by atoms with Crippen LogP contribution in [0.15, 0.2) is 84.9 Å². The maximum absolute atomic E-state index is 13.0. The number of likely N-dealkylation sites (tertiary alicyclic amines) is 1. The van der Waals surface area contributed by atoms with Crippen molar-refractivity contribution in [2.24, 2.45) is 5.92 Å². The van der Waals surface area contributed by atoms with Gasteiger partial charge in [-0.05, 0) is 48.4 Å². The Hall–Kier alpha value is -4.17. The Morgan fingerprint density at radius 3 is 2.22 bits per heavy atom. The zero-order chi connectivity index (χ0) is 26.0. The van der Waals surface area contributed by atoms with Crippen LogP contribution in [0.25, 0.3) is 0 Å². The summed E-state index contributed by atoms with van der Waals surface area (Å²) in [4.78, 5) is 40.0. The molecule has 37 heavy (non-hydrogen) atoms. The molecule has 192 valence electrons. The van der Waals surface area contributed by atoms with E-state index in [1.165, 1.54) is 4.90 Å². The van der Waals surface area contributed by atoms with Gasteiger partial charge in [-0.3, -0.25) is 9.59 Å². The standard InChI is InChI=1S/C29H30N2O6/c1-35-19-22-16-26(29(34)36-20-21-8-4-2-5-9-21)31(18-22)27(32)17-30-28(33)23-12-14-25(15-13-23)37-24-10-6-3-7-11-24/h2-15,22,26H,16-20H2,1H3,(H,30,33)/t22-,26+/m1/s1. The molecule has 2 amide bonds. The Kier molecular flexibility index (Phi) is 8.89. The maximum atomic E-state index is 13.0. The number of nitrogens with one attached hydrogen (secondary N) is 1. The van der Waals surface area contributed by atoms with Gasteiger partial charge in [0.25, 0.3) is 5.91 Å². The SMILES string of the molecule is COC[C@@H]1C[C@@H](C(=O)OCc2ccccc2)N(C(=O)CNC(=O)c2ccc(Oc3ccccc3)cc2)C1. The van der Waals surface area contributed by atoms with Crippen molar-refractivity contribution in [3.8, 4) is 11.5 Å². The first-order valence-electron chi connectivity index (χ1n) is 12.1. The van der Waals surface area contributed by atoms with Crippen LogP contribution in [0.3, 0.4) is 0 Å². The zero-order valence-corrected chi connectivity index (χ0v) is 20.7. The normalized spacial score (nSPS) is 16.7. The van der Waals surface area contributed by atoms with E-state index in [-0.39, 0.29) is 25.0 Å². The first-order valence-corrected chi connectivity index (χ1v) is 12.1. The van der Waals surface area contributed by atoms with Gasteiger partial charge in [0.2, 0.25) is 5.91 Å². The molecule has 1 saturated heterocycles. The third-order valence-corrected chi connectivity index (χ3v) is 6.10. The van der Waals surface area contributed by atoms with E-state index in [4.69, 9.17) is 14.2 Å². The average Bonchev–Trinajstić information content (AvgIpc) is 3.36. The summed E-state index contributed by atoms with van der Waals surface area (Å²) in [6.45, 7) is 0.687. The Labute approximate surface area is 216 Å². The highest BCUT2D eigenvalue weighted by Crippen LogP contribution is 2.25. The molecule has 2 atom stereocenters. The van der Waals surface area contributed by atoms with E-state index in [0.717, 1.165) is 5.56 Å². The fourth-order valence-corrected chi connectivity index (χ4v) is 4.26. The smallest absolute Gasteiger partial charge is 0.329 e. The summed E-state index contributed by atoms with van der Waals surface area (Å²) in [5, 5.41) is 2.65. The van der Waals surface area contributed by atoms with Crippen LogP contribution < -0.4 is 10.1 Å². The third-order valence-electron chi connectivity index (χ3n) is 6.10. The summed E-state index contributed by atoms with van der Waals surface area (Å²) in [7, 11) is 1.59. The second-order valence-electron chi connectivity index (χ2n) is 8.83. The fraction of sp³-hybridized carbons (Fsp3) is 0.276. The van der Waals surface area contributed by atoms with Crippen molar-refractivity contribution in [3.05, 3.63) is 96.1 Å². The molecule has 3 aromatic carbocycles. The Morgan fingerprint density at radius 2 is 1.54 bits per heavy atom. The molecular formula is C29H30N2O6. The minimum Gasteiger partial charge on any atom is -0.459 e. The van der Waals surface area contributed by atoms with Crippen LogP contribution in [0, 0.1) is 5.92 Å². The van der Waals surface area contributed by atoms with Gasteiger partial charge in [0.1, 0.15) is 24.1 Å². The first kappa shape index (κ1) is 25.9. The van der Waals surface area contributed by atoms with Crippen molar-refractivity contribution in [2.45, 2.75) is 19.1 Å². The van der Waals surface area contributed by atoms with Gasteiger partial charge in [0.05, 0.1) is 13.2 Å². The molecule has 1 N–H and O–H groups in total. The van der Waals surface area contributed by atoms with Gasteiger partial charge in [0.15, 0.2) is 0 Å². The molecule has 0 saturated carbocycles. The molecule has 3 aromatic rings. The van der Waals surface area contributed by atoms with Gasteiger partial charge in [-0.1, -0.05) is 48.5 Å². The highest BCUT2D eigenvalue weighted by atomic mass is 16.5. The summed E-state index contributed by atoms with van der Waals surface area (Å²) in [6, 6.07) is 24.6. The van der Waals surface area contributed by atoms with Crippen molar-refractivity contribution in [1.82, 2.24) is 10.2 Å². The van der Waals surface area contributed by atoms with Crippen LogP contribution >= 0.6 is 0 Å². The predicted molar refractivity (Wildman–Crippen MR) is 137 cm³/mol. The number of nitrogens with zero attached hydrogens (tertiary/aromatic N) is 1. The molecule has 0 aromatic heterocycles. The van der Waals surface area contributed by atoms with Gasteiger partial charge in [-0.2, -0.15) is 0 Å². The van der Waals surface area contributed by atoms with E-state index >= 15 is 0 Å². The molecule has 1 fully saturated rings. The van der Waals surface area contributed by atoms with Crippen molar-refractivity contribution in [3.63, 3.8) is 0 Å². The zero-order valence-electron chi connectivity index (χ0n) is 20.7. The lowest BCUT2D eigenvalue weighted by atomic mass is 10.1.